The molecule has 0 atom stereocenters. The molecule has 4 rings (SSSR count). The first kappa shape index (κ1) is 19.2. The molecule has 0 radical (unpaired) electrons. The van der Waals surface area contributed by atoms with E-state index in [0.717, 1.165) is 15.9 Å². The zero-order chi connectivity index (χ0) is 20.9. The summed E-state index contributed by atoms with van der Waals surface area (Å²) < 4.78 is 16.7. The maximum Gasteiger partial charge on any atom is 0.258 e. The number of rotatable bonds is 6. The van der Waals surface area contributed by atoms with Gasteiger partial charge in [-0.05, 0) is 30.3 Å². The van der Waals surface area contributed by atoms with Crippen LogP contribution in [-0.4, -0.2) is 35.3 Å². The summed E-state index contributed by atoms with van der Waals surface area (Å²) in [7, 11) is 3.12. The highest BCUT2D eigenvalue weighted by molar-refractivity contribution is 5.81. The Labute approximate surface area is 173 Å². The Bertz CT molecular complexity index is 1170. The number of ether oxygens (including phenoxy) is 2. The molecule has 0 aliphatic rings. The van der Waals surface area contributed by atoms with Crippen molar-refractivity contribution >= 4 is 11.9 Å². The lowest BCUT2D eigenvalue weighted by atomic mass is 10.2. The standard InChI is InChI=1S/C23H19N3O4/c1-28-20-12-13-21(29-2)18(14-20)15-26(27)19-10-8-17(9-11-19)23-24-22(25-30-23)16-6-4-3-5-7-16/h3-15H,1-2H3/b26-15-. The molecule has 0 saturated heterocycles. The van der Waals surface area contributed by atoms with Crippen LogP contribution in [0.1, 0.15) is 5.56 Å². The topological polar surface area (TPSA) is 83.5 Å². The summed E-state index contributed by atoms with van der Waals surface area (Å²) >= 11 is 0. The van der Waals surface area contributed by atoms with Crippen LogP contribution in [0.15, 0.2) is 77.3 Å². The summed E-state index contributed by atoms with van der Waals surface area (Å²) in [5.74, 6) is 2.11. The molecule has 0 N–H and O–H groups in total. The predicted octanol–water partition coefficient (Wildman–Crippen LogP) is 4.68. The Balaban J connectivity index is 1.58. The highest BCUT2D eigenvalue weighted by Gasteiger charge is 2.12. The highest BCUT2D eigenvalue weighted by Crippen LogP contribution is 2.25. The average Bonchev–Trinajstić information content (AvgIpc) is 3.30. The molecular weight excluding hydrogens is 382 g/mol. The van der Waals surface area contributed by atoms with Gasteiger partial charge in [0.2, 0.25) is 11.5 Å². The summed E-state index contributed by atoms with van der Waals surface area (Å²) in [6.45, 7) is 0. The Hall–Kier alpha value is -4.13. The quantitative estimate of drug-likeness (QED) is 0.202. The summed E-state index contributed by atoms with van der Waals surface area (Å²) in [4.78, 5) is 4.43. The fourth-order valence-electron chi connectivity index (χ4n) is 2.94. The monoisotopic (exact) mass is 401 g/mol. The first-order valence-electron chi connectivity index (χ1n) is 9.21. The Kier molecular flexibility index (Phi) is 5.43. The molecular formula is C23H19N3O4. The minimum absolute atomic E-state index is 0.385. The van der Waals surface area contributed by atoms with Gasteiger partial charge in [0, 0.05) is 23.3 Å². The van der Waals surface area contributed by atoms with Gasteiger partial charge >= 0.3 is 0 Å². The number of methoxy groups -OCH3 is 2. The van der Waals surface area contributed by atoms with E-state index < -0.39 is 0 Å². The molecule has 7 heteroatoms. The van der Waals surface area contributed by atoms with Crippen molar-refractivity contribution < 1.29 is 18.7 Å². The summed E-state index contributed by atoms with van der Waals surface area (Å²) in [6, 6.07) is 21.8. The van der Waals surface area contributed by atoms with Gasteiger partial charge in [0.1, 0.15) is 11.5 Å². The van der Waals surface area contributed by atoms with Gasteiger partial charge in [-0.15, -0.1) is 0 Å². The molecule has 0 aliphatic heterocycles. The molecule has 1 aromatic heterocycles. The molecule has 150 valence electrons. The smallest absolute Gasteiger partial charge is 0.258 e. The lowest BCUT2D eigenvalue weighted by Gasteiger charge is -2.08. The average molecular weight is 401 g/mol. The van der Waals surface area contributed by atoms with Crippen LogP contribution >= 0.6 is 0 Å². The van der Waals surface area contributed by atoms with E-state index >= 15 is 0 Å². The van der Waals surface area contributed by atoms with Crippen molar-refractivity contribution in [3.8, 4) is 34.3 Å². The van der Waals surface area contributed by atoms with Crippen molar-refractivity contribution in [1.82, 2.24) is 10.1 Å². The molecule has 0 unspecified atom stereocenters. The summed E-state index contributed by atoms with van der Waals surface area (Å²) in [5, 5.41) is 16.7. The molecule has 0 saturated carbocycles. The fraction of sp³-hybridized carbons (Fsp3) is 0.0870. The van der Waals surface area contributed by atoms with Crippen molar-refractivity contribution in [3.63, 3.8) is 0 Å². The SMILES string of the molecule is COc1ccc(OC)c(/C=[N+](\[O-])c2ccc(-c3nc(-c4ccccc4)no3)cc2)c1. The molecule has 1 heterocycles. The van der Waals surface area contributed by atoms with E-state index in [9.17, 15) is 5.21 Å². The molecule has 0 fully saturated rings. The lowest BCUT2D eigenvalue weighted by Crippen LogP contribution is -2.01. The van der Waals surface area contributed by atoms with Crippen LogP contribution in [-0.2, 0) is 0 Å². The first-order valence-corrected chi connectivity index (χ1v) is 9.21. The molecule has 0 aliphatic carbocycles. The van der Waals surface area contributed by atoms with Crippen LogP contribution < -0.4 is 9.47 Å². The zero-order valence-electron chi connectivity index (χ0n) is 16.5. The van der Waals surface area contributed by atoms with Gasteiger partial charge in [-0.25, -0.2) is 0 Å². The van der Waals surface area contributed by atoms with E-state index in [1.165, 1.54) is 6.21 Å². The van der Waals surface area contributed by atoms with Crippen LogP contribution in [0.25, 0.3) is 22.8 Å². The van der Waals surface area contributed by atoms with Gasteiger partial charge in [0.25, 0.3) is 5.89 Å². The van der Waals surface area contributed by atoms with Crippen molar-refractivity contribution in [2.24, 2.45) is 0 Å². The second kappa shape index (κ2) is 8.48. The molecule has 0 amide bonds. The van der Waals surface area contributed by atoms with Gasteiger partial charge in [-0.1, -0.05) is 35.5 Å². The second-order valence-electron chi connectivity index (χ2n) is 6.40. The van der Waals surface area contributed by atoms with Crippen LogP contribution in [0, 0.1) is 5.21 Å². The third kappa shape index (κ3) is 4.00. The summed E-state index contributed by atoms with van der Waals surface area (Å²) in [6.07, 6.45) is 1.44. The zero-order valence-corrected chi connectivity index (χ0v) is 16.5. The van der Waals surface area contributed by atoms with Crippen LogP contribution in [0.3, 0.4) is 0 Å². The van der Waals surface area contributed by atoms with E-state index in [-0.39, 0.29) is 0 Å². The first-order chi connectivity index (χ1) is 14.7. The van der Waals surface area contributed by atoms with Gasteiger partial charge < -0.3 is 19.2 Å². The maximum absolute atomic E-state index is 12.6. The third-order valence-electron chi connectivity index (χ3n) is 4.52. The molecule has 0 bridgehead atoms. The van der Waals surface area contributed by atoms with E-state index in [4.69, 9.17) is 14.0 Å². The summed E-state index contributed by atoms with van der Waals surface area (Å²) in [5.41, 5.74) is 2.66. The Morgan fingerprint density at radius 3 is 2.37 bits per heavy atom. The maximum atomic E-state index is 12.6. The molecule has 7 nitrogen and oxygen atoms in total. The minimum atomic E-state index is 0.385. The van der Waals surface area contributed by atoms with Crippen LogP contribution in [0.5, 0.6) is 11.5 Å². The van der Waals surface area contributed by atoms with E-state index in [2.05, 4.69) is 10.1 Å². The number of aromatic nitrogens is 2. The van der Waals surface area contributed by atoms with Crippen LogP contribution in [0.4, 0.5) is 5.69 Å². The highest BCUT2D eigenvalue weighted by atomic mass is 16.5. The predicted molar refractivity (Wildman–Crippen MR) is 113 cm³/mol. The molecule has 4 aromatic rings. The van der Waals surface area contributed by atoms with Crippen LogP contribution in [0.2, 0.25) is 0 Å². The molecule has 30 heavy (non-hydrogen) atoms. The normalized spacial score (nSPS) is 11.3. The second-order valence-corrected chi connectivity index (χ2v) is 6.40. The Morgan fingerprint density at radius 1 is 0.900 bits per heavy atom. The van der Waals surface area contributed by atoms with Crippen molar-refractivity contribution in [1.29, 1.82) is 0 Å². The van der Waals surface area contributed by atoms with Crippen molar-refractivity contribution in [3.05, 3.63) is 83.6 Å². The lowest BCUT2D eigenvalue weighted by molar-refractivity contribution is -0.354. The van der Waals surface area contributed by atoms with Gasteiger partial charge in [-0.2, -0.15) is 9.72 Å². The van der Waals surface area contributed by atoms with E-state index in [0.29, 0.717) is 34.5 Å². The van der Waals surface area contributed by atoms with Gasteiger partial charge in [0.15, 0.2) is 6.21 Å². The largest absolute Gasteiger partial charge is 0.618 e. The number of hydrogen-bond donors (Lipinski definition) is 0. The van der Waals surface area contributed by atoms with Crippen molar-refractivity contribution in [2.45, 2.75) is 0 Å². The molecule has 3 aromatic carbocycles. The van der Waals surface area contributed by atoms with Crippen molar-refractivity contribution in [2.75, 3.05) is 14.2 Å². The fourth-order valence-corrected chi connectivity index (χ4v) is 2.94. The number of benzene rings is 3. The van der Waals surface area contributed by atoms with Gasteiger partial charge in [-0.3, -0.25) is 0 Å². The molecule has 0 spiro atoms. The third-order valence-corrected chi connectivity index (χ3v) is 4.52. The minimum Gasteiger partial charge on any atom is -0.618 e. The van der Waals surface area contributed by atoms with E-state index in [1.807, 2.05) is 30.3 Å². The van der Waals surface area contributed by atoms with Gasteiger partial charge in [0.05, 0.1) is 19.8 Å². The Morgan fingerprint density at radius 2 is 1.67 bits per heavy atom. The van der Waals surface area contributed by atoms with E-state index in [1.54, 1.807) is 56.7 Å². The number of nitrogens with zero attached hydrogens (tertiary/aromatic N) is 3. The number of hydrogen-bond acceptors (Lipinski definition) is 6.